The minimum atomic E-state index is -0.359. The van der Waals surface area contributed by atoms with Gasteiger partial charge in [-0.05, 0) is 12.5 Å². The lowest BCUT2D eigenvalue weighted by Crippen LogP contribution is -2.19. The first kappa shape index (κ1) is 11.8. The molecule has 0 fully saturated rings. The van der Waals surface area contributed by atoms with Crippen LogP contribution in [0.3, 0.4) is 0 Å². The molecule has 3 N–H and O–H groups in total. The van der Waals surface area contributed by atoms with E-state index in [2.05, 4.69) is 10.1 Å². The van der Waals surface area contributed by atoms with E-state index in [0.29, 0.717) is 0 Å². The standard InChI is InChI=1S/C11H17N5O/c12-10(8-17)11-7-13-9-15(11)4-2-6-16-5-1-3-14-16/h1,3,5,7,9-10,17H,2,4,6,8,12H2. The first-order valence-electron chi connectivity index (χ1n) is 5.65. The zero-order valence-corrected chi connectivity index (χ0v) is 9.61. The molecule has 6 heteroatoms. The number of aliphatic hydroxyl groups excluding tert-OH is 1. The van der Waals surface area contributed by atoms with Gasteiger partial charge in [-0.2, -0.15) is 5.10 Å². The third-order valence-corrected chi connectivity index (χ3v) is 2.67. The highest BCUT2D eigenvalue weighted by molar-refractivity contribution is 5.04. The maximum atomic E-state index is 9.03. The minimum Gasteiger partial charge on any atom is -0.394 e. The first-order valence-corrected chi connectivity index (χ1v) is 5.65. The quantitative estimate of drug-likeness (QED) is 0.747. The van der Waals surface area contributed by atoms with Crippen LogP contribution in [-0.2, 0) is 13.1 Å². The lowest BCUT2D eigenvalue weighted by molar-refractivity contribution is 0.262. The Morgan fingerprint density at radius 2 is 2.29 bits per heavy atom. The van der Waals surface area contributed by atoms with E-state index in [1.54, 1.807) is 18.7 Å². The van der Waals surface area contributed by atoms with Crippen molar-refractivity contribution in [2.75, 3.05) is 6.61 Å². The molecular weight excluding hydrogens is 218 g/mol. The number of nitrogens with two attached hydrogens (primary N) is 1. The van der Waals surface area contributed by atoms with Crippen molar-refractivity contribution in [3.8, 4) is 0 Å². The summed E-state index contributed by atoms with van der Waals surface area (Å²) in [5, 5.41) is 13.2. The summed E-state index contributed by atoms with van der Waals surface area (Å²) in [4.78, 5) is 4.06. The van der Waals surface area contributed by atoms with Crippen molar-refractivity contribution in [1.82, 2.24) is 19.3 Å². The zero-order valence-electron chi connectivity index (χ0n) is 9.61. The number of aliphatic hydroxyl groups is 1. The lowest BCUT2D eigenvalue weighted by Gasteiger charge is -2.12. The fourth-order valence-electron chi connectivity index (χ4n) is 1.76. The molecule has 1 atom stereocenters. The Labute approximate surface area is 99.7 Å². The van der Waals surface area contributed by atoms with Crippen molar-refractivity contribution in [3.63, 3.8) is 0 Å². The molecule has 0 radical (unpaired) electrons. The van der Waals surface area contributed by atoms with Crippen LogP contribution in [0, 0.1) is 0 Å². The SMILES string of the molecule is NC(CO)c1cncn1CCCn1cccn1. The molecule has 17 heavy (non-hydrogen) atoms. The number of imidazole rings is 1. The maximum Gasteiger partial charge on any atom is 0.0948 e. The van der Waals surface area contributed by atoms with Crippen LogP contribution in [-0.4, -0.2) is 31.0 Å². The van der Waals surface area contributed by atoms with E-state index >= 15 is 0 Å². The molecule has 1 unspecified atom stereocenters. The van der Waals surface area contributed by atoms with Crippen LogP contribution in [0.1, 0.15) is 18.2 Å². The summed E-state index contributed by atoms with van der Waals surface area (Å²) < 4.78 is 3.87. The second-order valence-corrected chi connectivity index (χ2v) is 3.92. The molecule has 2 rings (SSSR count). The van der Waals surface area contributed by atoms with E-state index in [1.807, 2.05) is 21.5 Å². The fraction of sp³-hybridized carbons (Fsp3) is 0.455. The van der Waals surface area contributed by atoms with Crippen LogP contribution in [0.2, 0.25) is 0 Å². The summed E-state index contributed by atoms with van der Waals surface area (Å²) >= 11 is 0. The molecule has 0 aromatic carbocycles. The Morgan fingerprint density at radius 1 is 1.41 bits per heavy atom. The molecular formula is C11H17N5O. The van der Waals surface area contributed by atoms with Gasteiger partial charge in [0.1, 0.15) is 0 Å². The van der Waals surface area contributed by atoms with Crippen LogP contribution in [0.4, 0.5) is 0 Å². The van der Waals surface area contributed by atoms with E-state index in [0.717, 1.165) is 25.2 Å². The average molecular weight is 235 g/mol. The first-order chi connectivity index (χ1) is 8.31. The Hall–Kier alpha value is -1.66. The van der Waals surface area contributed by atoms with Gasteiger partial charge in [-0.1, -0.05) is 0 Å². The van der Waals surface area contributed by atoms with Gasteiger partial charge in [-0.15, -0.1) is 0 Å². The number of rotatable bonds is 6. The fourth-order valence-corrected chi connectivity index (χ4v) is 1.76. The van der Waals surface area contributed by atoms with E-state index in [1.165, 1.54) is 0 Å². The van der Waals surface area contributed by atoms with Gasteiger partial charge < -0.3 is 15.4 Å². The summed E-state index contributed by atoms with van der Waals surface area (Å²) in [5.41, 5.74) is 6.65. The van der Waals surface area contributed by atoms with Crippen LogP contribution in [0.15, 0.2) is 31.0 Å². The van der Waals surface area contributed by atoms with E-state index in [4.69, 9.17) is 10.8 Å². The number of hydrogen-bond donors (Lipinski definition) is 2. The molecule has 0 amide bonds. The summed E-state index contributed by atoms with van der Waals surface area (Å²) in [7, 11) is 0. The Balaban J connectivity index is 1.88. The van der Waals surface area contributed by atoms with Crippen LogP contribution >= 0.6 is 0 Å². The molecule has 0 aliphatic heterocycles. The molecule has 0 saturated heterocycles. The van der Waals surface area contributed by atoms with Crippen LogP contribution in [0.25, 0.3) is 0 Å². The Kier molecular flexibility index (Phi) is 3.89. The monoisotopic (exact) mass is 235 g/mol. The third kappa shape index (κ3) is 2.92. The molecule has 2 heterocycles. The lowest BCUT2D eigenvalue weighted by atomic mass is 10.2. The van der Waals surface area contributed by atoms with Gasteiger partial charge in [-0.3, -0.25) is 4.68 Å². The molecule has 0 bridgehead atoms. The van der Waals surface area contributed by atoms with Gasteiger partial charge in [-0.25, -0.2) is 4.98 Å². The number of aryl methyl sites for hydroxylation is 2. The number of nitrogens with zero attached hydrogens (tertiary/aromatic N) is 4. The van der Waals surface area contributed by atoms with E-state index < -0.39 is 0 Å². The molecule has 0 aliphatic carbocycles. The predicted octanol–water partition coefficient (Wildman–Crippen LogP) is 0.162. The minimum absolute atomic E-state index is 0.0646. The van der Waals surface area contributed by atoms with Gasteiger partial charge in [0.2, 0.25) is 0 Å². The second kappa shape index (κ2) is 5.60. The van der Waals surface area contributed by atoms with Gasteiger partial charge in [0.05, 0.1) is 24.7 Å². The van der Waals surface area contributed by atoms with Crippen molar-refractivity contribution >= 4 is 0 Å². The maximum absolute atomic E-state index is 9.03. The van der Waals surface area contributed by atoms with Crippen molar-refractivity contribution in [2.45, 2.75) is 25.6 Å². The number of aromatic nitrogens is 4. The predicted molar refractivity (Wildman–Crippen MR) is 63.1 cm³/mol. The van der Waals surface area contributed by atoms with Crippen molar-refractivity contribution in [3.05, 3.63) is 36.7 Å². The molecule has 0 spiro atoms. The molecule has 2 aromatic rings. The third-order valence-electron chi connectivity index (χ3n) is 2.67. The van der Waals surface area contributed by atoms with Crippen molar-refractivity contribution in [1.29, 1.82) is 0 Å². The van der Waals surface area contributed by atoms with Crippen molar-refractivity contribution in [2.24, 2.45) is 5.73 Å². The van der Waals surface area contributed by atoms with Crippen LogP contribution < -0.4 is 5.73 Å². The topological polar surface area (TPSA) is 81.9 Å². The second-order valence-electron chi connectivity index (χ2n) is 3.92. The molecule has 0 aliphatic rings. The number of hydrogen-bond acceptors (Lipinski definition) is 4. The summed E-state index contributed by atoms with van der Waals surface area (Å²) in [5.74, 6) is 0. The Morgan fingerprint density at radius 3 is 3.00 bits per heavy atom. The molecule has 92 valence electrons. The highest BCUT2D eigenvalue weighted by Crippen LogP contribution is 2.09. The van der Waals surface area contributed by atoms with E-state index in [-0.39, 0.29) is 12.6 Å². The molecule has 6 nitrogen and oxygen atoms in total. The summed E-state index contributed by atoms with van der Waals surface area (Å²) in [6.07, 6.45) is 8.10. The average Bonchev–Trinajstić information content (AvgIpc) is 2.99. The summed E-state index contributed by atoms with van der Waals surface area (Å²) in [6.45, 7) is 1.62. The van der Waals surface area contributed by atoms with Gasteiger partial charge in [0, 0.05) is 31.7 Å². The van der Waals surface area contributed by atoms with E-state index in [9.17, 15) is 0 Å². The summed E-state index contributed by atoms with van der Waals surface area (Å²) in [6, 6.07) is 1.55. The highest BCUT2D eigenvalue weighted by Gasteiger charge is 2.09. The smallest absolute Gasteiger partial charge is 0.0948 e. The molecule has 2 aromatic heterocycles. The molecule has 0 saturated carbocycles. The zero-order chi connectivity index (χ0) is 12.1. The Bertz CT molecular complexity index is 436. The van der Waals surface area contributed by atoms with Crippen LogP contribution in [0.5, 0.6) is 0 Å². The normalized spacial score (nSPS) is 12.8. The van der Waals surface area contributed by atoms with Gasteiger partial charge in [0.15, 0.2) is 0 Å². The van der Waals surface area contributed by atoms with Crippen molar-refractivity contribution < 1.29 is 5.11 Å². The highest BCUT2D eigenvalue weighted by atomic mass is 16.3. The van der Waals surface area contributed by atoms with Gasteiger partial charge >= 0.3 is 0 Å². The largest absolute Gasteiger partial charge is 0.394 e. The van der Waals surface area contributed by atoms with Gasteiger partial charge in [0.25, 0.3) is 0 Å².